The summed E-state index contributed by atoms with van der Waals surface area (Å²) < 4.78 is 10.5. The van der Waals surface area contributed by atoms with E-state index < -0.39 is 0 Å². The van der Waals surface area contributed by atoms with Gasteiger partial charge in [-0.2, -0.15) is 0 Å². The molecule has 3 aromatic rings. The molecule has 0 spiro atoms. The minimum Gasteiger partial charge on any atom is -0.497 e. The van der Waals surface area contributed by atoms with Crippen LogP contribution in [0.2, 0.25) is 0 Å². The molecule has 4 rings (SSSR count). The lowest BCUT2D eigenvalue weighted by atomic mass is 10.1. The van der Waals surface area contributed by atoms with E-state index in [0.29, 0.717) is 35.8 Å². The minimum atomic E-state index is -0.355. The van der Waals surface area contributed by atoms with Gasteiger partial charge in [-0.15, -0.1) is 0 Å². The highest BCUT2D eigenvalue weighted by atomic mass is 16.5. The maximum atomic E-state index is 12.9. The summed E-state index contributed by atoms with van der Waals surface area (Å²) in [5.74, 6) is 1.13. The SMILES string of the molecule is COc1ccc(NC(=O)NCc2ccc3c(c2)N(C(=O)c2ccccc2)CC3)c(OC)c1. The van der Waals surface area contributed by atoms with Gasteiger partial charge in [-0.1, -0.05) is 30.3 Å². The molecular weight excluding hydrogens is 406 g/mol. The molecule has 0 radical (unpaired) electrons. The van der Waals surface area contributed by atoms with Crippen LogP contribution in [0, 0.1) is 0 Å². The Hall–Kier alpha value is -4.00. The lowest BCUT2D eigenvalue weighted by Gasteiger charge is -2.18. The first kappa shape index (κ1) is 21.2. The van der Waals surface area contributed by atoms with Crippen molar-refractivity contribution in [1.29, 1.82) is 0 Å². The summed E-state index contributed by atoms with van der Waals surface area (Å²) >= 11 is 0. The largest absolute Gasteiger partial charge is 0.497 e. The average molecular weight is 431 g/mol. The Balaban J connectivity index is 1.42. The normalized spacial score (nSPS) is 12.1. The highest BCUT2D eigenvalue weighted by Gasteiger charge is 2.25. The Kier molecular flexibility index (Phi) is 6.26. The van der Waals surface area contributed by atoms with Crippen LogP contribution in [0.5, 0.6) is 11.5 Å². The highest BCUT2D eigenvalue weighted by Crippen LogP contribution is 2.31. The Morgan fingerprint density at radius 1 is 0.969 bits per heavy atom. The molecule has 164 valence electrons. The van der Waals surface area contributed by atoms with E-state index in [9.17, 15) is 9.59 Å². The summed E-state index contributed by atoms with van der Waals surface area (Å²) in [7, 11) is 3.10. The maximum Gasteiger partial charge on any atom is 0.319 e. The topological polar surface area (TPSA) is 79.9 Å². The average Bonchev–Trinajstić information content (AvgIpc) is 3.26. The quantitative estimate of drug-likeness (QED) is 0.612. The minimum absolute atomic E-state index is 0.0150. The van der Waals surface area contributed by atoms with Gasteiger partial charge in [0.1, 0.15) is 11.5 Å². The number of methoxy groups -OCH3 is 2. The van der Waals surface area contributed by atoms with E-state index in [1.54, 1.807) is 30.2 Å². The summed E-state index contributed by atoms with van der Waals surface area (Å²) in [4.78, 5) is 27.1. The second kappa shape index (κ2) is 9.43. The Labute approximate surface area is 187 Å². The number of carbonyl (C=O) groups is 2. The molecule has 32 heavy (non-hydrogen) atoms. The molecule has 3 amide bonds. The van der Waals surface area contributed by atoms with E-state index in [0.717, 1.165) is 23.2 Å². The molecule has 0 bridgehead atoms. The molecule has 7 nitrogen and oxygen atoms in total. The van der Waals surface area contributed by atoms with Gasteiger partial charge in [0.25, 0.3) is 5.91 Å². The molecule has 0 aliphatic carbocycles. The van der Waals surface area contributed by atoms with E-state index in [2.05, 4.69) is 10.6 Å². The molecule has 0 saturated heterocycles. The fourth-order valence-corrected chi connectivity index (χ4v) is 3.73. The van der Waals surface area contributed by atoms with Crippen molar-refractivity contribution in [2.24, 2.45) is 0 Å². The zero-order valence-corrected chi connectivity index (χ0v) is 18.1. The van der Waals surface area contributed by atoms with Crippen molar-refractivity contribution in [1.82, 2.24) is 5.32 Å². The molecule has 1 aliphatic heterocycles. The number of anilines is 2. The number of benzene rings is 3. The maximum absolute atomic E-state index is 12.9. The molecule has 0 aromatic heterocycles. The first-order valence-electron chi connectivity index (χ1n) is 10.3. The van der Waals surface area contributed by atoms with Crippen LogP contribution in [-0.2, 0) is 13.0 Å². The van der Waals surface area contributed by atoms with E-state index in [-0.39, 0.29) is 11.9 Å². The Bertz CT molecular complexity index is 1130. The van der Waals surface area contributed by atoms with E-state index in [1.165, 1.54) is 7.11 Å². The molecular formula is C25H25N3O4. The van der Waals surface area contributed by atoms with Crippen LogP contribution in [-0.4, -0.2) is 32.7 Å². The predicted octanol–water partition coefficient (Wildman–Crippen LogP) is 4.23. The monoisotopic (exact) mass is 431 g/mol. The Morgan fingerprint density at radius 2 is 1.78 bits per heavy atom. The lowest BCUT2D eigenvalue weighted by Crippen LogP contribution is -2.29. The van der Waals surface area contributed by atoms with E-state index in [1.807, 2.05) is 48.5 Å². The fraction of sp³-hybridized carbons (Fsp3) is 0.200. The van der Waals surface area contributed by atoms with Crippen molar-refractivity contribution in [3.05, 3.63) is 83.4 Å². The third-order valence-corrected chi connectivity index (χ3v) is 5.42. The third kappa shape index (κ3) is 4.51. The number of ether oxygens (including phenoxy) is 2. The molecule has 2 N–H and O–H groups in total. The smallest absolute Gasteiger partial charge is 0.319 e. The van der Waals surface area contributed by atoms with Gasteiger partial charge in [-0.05, 0) is 47.9 Å². The third-order valence-electron chi connectivity index (χ3n) is 5.42. The van der Waals surface area contributed by atoms with E-state index >= 15 is 0 Å². The number of fused-ring (bicyclic) bond motifs is 1. The molecule has 3 aromatic carbocycles. The Morgan fingerprint density at radius 3 is 2.53 bits per heavy atom. The molecule has 1 heterocycles. The number of nitrogens with zero attached hydrogens (tertiary/aromatic N) is 1. The van der Waals surface area contributed by atoms with Crippen LogP contribution >= 0.6 is 0 Å². The first-order valence-corrected chi connectivity index (χ1v) is 10.3. The van der Waals surface area contributed by atoms with Crippen LogP contribution in [0.4, 0.5) is 16.2 Å². The van der Waals surface area contributed by atoms with Gasteiger partial charge < -0.3 is 25.0 Å². The summed E-state index contributed by atoms with van der Waals surface area (Å²) in [5.41, 5.74) is 4.14. The standard InChI is InChI=1S/C25H25N3O4/c1-31-20-10-11-21(23(15-20)32-2)27-25(30)26-16-17-8-9-18-12-13-28(22(18)14-17)24(29)19-6-4-3-5-7-19/h3-11,14-15H,12-13,16H2,1-2H3,(H2,26,27,30). The number of amides is 3. The van der Waals surface area contributed by atoms with Gasteiger partial charge in [-0.25, -0.2) is 4.79 Å². The van der Waals surface area contributed by atoms with Gasteiger partial charge in [0.15, 0.2) is 0 Å². The molecule has 1 aliphatic rings. The van der Waals surface area contributed by atoms with Crippen LogP contribution in [0.1, 0.15) is 21.5 Å². The number of urea groups is 1. The first-order chi connectivity index (χ1) is 15.6. The number of carbonyl (C=O) groups excluding carboxylic acids is 2. The van der Waals surface area contributed by atoms with Crippen LogP contribution in [0.15, 0.2) is 66.7 Å². The van der Waals surface area contributed by atoms with Crippen molar-refractivity contribution in [2.45, 2.75) is 13.0 Å². The van der Waals surface area contributed by atoms with Gasteiger partial charge in [0, 0.05) is 30.4 Å². The second-order valence-corrected chi connectivity index (χ2v) is 7.41. The molecule has 0 atom stereocenters. The van der Waals surface area contributed by atoms with Crippen molar-refractivity contribution < 1.29 is 19.1 Å². The molecule has 0 saturated carbocycles. The summed E-state index contributed by atoms with van der Waals surface area (Å²) in [6, 6.07) is 20.0. The van der Waals surface area contributed by atoms with Gasteiger partial charge >= 0.3 is 6.03 Å². The van der Waals surface area contributed by atoms with Crippen LogP contribution < -0.4 is 25.0 Å². The zero-order chi connectivity index (χ0) is 22.5. The zero-order valence-electron chi connectivity index (χ0n) is 18.1. The van der Waals surface area contributed by atoms with Crippen molar-refractivity contribution in [2.75, 3.05) is 31.0 Å². The van der Waals surface area contributed by atoms with Crippen LogP contribution in [0.3, 0.4) is 0 Å². The number of nitrogens with one attached hydrogen (secondary N) is 2. The summed E-state index contributed by atoms with van der Waals surface area (Å²) in [6.07, 6.45) is 0.819. The van der Waals surface area contributed by atoms with Gasteiger partial charge in [-0.3, -0.25) is 4.79 Å². The summed E-state index contributed by atoms with van der Waals surface area (Å²) in [6.45, 7) is 0.975. The van der Waals surface area contributed by atoms with Crippen molar-refractivity contribution in [3.8, 4) is 11.5 Å². The van der Waals surface area contributed by atoms with E-state index in [4.69, 9.17) is 9.47 Å². The summed E-state index contributed by atoms with van der Waals surface area (Å²) in [5, 5.41) is 5.64. The second-order valence-electron chi connectivity index (χ2n) is 7.41. The van der Waals surface area contributed by atoms with Crippen molar-refractivity contribution in [3.63, 3.8) is 0 Å². The number of hydrogen-bond donors (Lipinski definition) is 2. The molecule has 0 unspecified atom stereocenters. The molecule has 0 fully saturated rings. The number of hydrogen-bond acceptors (Lipinski definition) is 4. The lowest BCUT2D eigenvalue weighted by molar-refractivity contribution is 0.0989. The van der Waals surface area contributed by atoms with Crippen molar-refractivity contribution >= 4 is 23.3 Å². The highest BCUT2D eigenvalue weighted by molar-refractivity contribution is 6.07. The molecule has 7 heteroatoms. The van der Waals surface area contributed by atoms with Gasteiger partial charge in [0.2, 0.25) is 0 Å². The fourth-order valence-electron chi connectivity index (χ4n) is 3.73. The van der Waals surface area contributed by atoms with Gasteiger partial charge in [0.05, 0.1) is 19.9 Å². The predicted molar refractivity (Wildman–Crippen MR) is 124 cm³/mol. The number of rotatable bonds is 6. The van der Waals surface area contributed by atoms with Crippen LogP contribution in [0.25, 0.3) is 0 Å².